The Kier molecular flexibility index (Phi) is 7.17. The summed E-state index contributed by atoms with van der Waals surface area (Å²) in [4.78, 5) is 7.45. The molecule has 1 saturated heterocycles. The normalized spacial score (nSPS) is 19.8. The number of hydrogen-bond acceptors (Lipinski definition) is 2. The van der Waals surface area contributed by atoms with Crippen LogP contribution in [0.3, 0.4) is 0 Å². The third-order valence-electron chi connectivity index (χ3n) is 5.06. The molecule has 0 amide bonds. The van der Waals surface area contributed by atoms with E-state index in [4.69, 9.17) is 4.99 Å². The molecule has 0 radical (unpaired) electrons. The molecule has 5 heteroatoms. The number of halogens is 1. The van der Waals surface area contributed by atoms with Crippen LogP contribution in [0.4, 0.5) is 0 Å². The first-order chi connectivity index (χ1) is 12.2. The van der Waals surface area contributed by atoms with Gasteiger partial charge < -0.3 is 15.5 Å². The van der Waals surface area contributed by atoms with Gasteiger partial charge in [-0.05, 0) is 63.1 Å². The molecule has 1 saturated carbocycles. The van der Waals surface area contributed by atoms with Crippen molar-refractivity contribution < 1.29 is 0 Å². The van der Waals surface area contributed by atoms with E-state index < -0.39 is 0 Å². The molecule has 138 valence electrons. The molecule has 1 heterocycles. The van der Waals surface area contributed by atoms with Gasteiger partial charge in [0.1, 0.15) is 0 Å². The summed E-state index contributed by atoms with van der Waals surface area (Å²) >= 11 is 3.54. The summed E-state index contributed by atoms with van der Waals surface area (Å²) in [5, 5.41) is 7.05. The van der Waals surface area contributed by atoms with Gasteiger partial charge in [0.25, 0.3) is 0 Å². The molecule has 1 aliphatic heterocycles. The molecule has 1 aromatic carbocycles. The summed E-state index contributed by atoms with van der Waals surface area (Å²) < 4.78 is 1.15. The van der Waals surface area contributed by atoms with Crippen molar-refractivity contribution in [2.45, 2.75) is 57.5 Å². The van der Waals surface area contributed by atoms with Crippen molar-refractivity contribution in [3.8, 4) is 0 Å². The van der Waals surface area contributed by atoms with Gasteiger partial charge in [-0.1, -0.05) is 28.1 Å². The summed E-state index contributed by atoms with van der Waals surface area (Å²) in [6.07, 6.45) is 7.45. The van der Waals surface area contributed by atoms with Gasteiger partial charge in [-0.25, -0.2) is 0 Å². The van der Waals surface area contributed by atoms with Crippen LogP contribution in [-0.2, 0) is 6.42 Å². The standard InChI is InChI=1S/C20H31BrN4/c1-2-22-20(23-12-4-6-16-5-3-7-17(21)15-16)24-18-10-13-25(14-11-18)19-8-9-19/h3,5,7,15,18-19H,2,4,6,8-14H2,1H3,(H2,22,23,24). The Morgan fingerprint density at radius 3 is 2.72 bits per heavy atom. The quantitative estimate of drug-likeness (QED) is 0.413. The Morgan fingerprint density at radius 2 is 2.04 bits per heavy atom. The van der Waals surface area contributed by atoms with Crippen molar-refractivity contribution in [2.75, 3.05) is 26.2 Å². The molecule has 3 rings (SSSR count). The lowest BCUT2D eigenvalue weighted by atomic mass is 10.1. The van der Waals surface area contributed by atoms with E-state index in [2.05, 4.69) is 62.7 Å². The topological polar surface area (TPSA) is 39.7 Å². The van der Waals surface area contributed by atoms with Crippen LogP contribution in [0.5, 0.6) is 0 Å². The van der Waals surface area contributed by atoms with Crippen LogP contribution in [0.1, 0.15) is 44.6 Å². The lowest BCUT2D eigenvalue weighted by Crippen LogP contribution is -2.49. The molecule has 1 aliphatic carbocycles. The van der Waals surface area contributed by atoms with Crippen molar-refractivity contribution in [1.29, 1.82) is 0 Å². The van der Waals surface area contributed by atoms with E-state index in [9.17, 15) is 0 Å². The highest BCUT2D eigenvalue weighted by Gasteiger charge is 2.31. The number of nitrogens with one attached hydrogen (secondary N) is 2. The second kappa shape index (κ2) is 9.58. The van der Waals surface area contributed by atoms with E-state index in [1.807, 2.05) is 0 Å². The second-order valence-electron chi connectivity index (χ2n) is 7.18. The van der Waals surface area contributed by atoms with E-state index in [1.54, 1.807) is 0 Å². The zero-order valence-electron chi connectivity index (χ0n) is 15.3. The maximum Gasteiger partial charge on any atom is 0.191 e. The Labute approximate surface area is 160 Å². The minimum Gasteiger partial charge on any atom is -0.357 e. The maximum atomic E-state index is 4.78. The number of likely N-dealkylation sites (tertiary alicyclic amines) is 1. The minimum atomic E-state index is 0.567. The first-order valence-corrected chi connectivity index (χ1v) is 10.6. The predicted molar refractivity (Wildman–Crippen MR) is 109 cm³/mol. The number of hydrogen-bond donors (Lipinski definition) is 2. The van der Waals surface area contributed by atoms with Crippen molar-refractivity contribution in [2.24, 2.45) is 4.99 Å². The van der Waals surface area contributed by atoms with E-state index in [0.717, 1.165) is 42.4 Å². The fourth-order valence-corrected chi connectivity index (χ4v) is 3.98. The zero-order valence-corrected chi connectivity index (χ0v) is 16.9. The Morgan fingerprint density at radius 1 is 1.24 bits per heavy atom. The molecule has 0 atom stereocenters. The number of rotatable bonds is 7. The van der Waals surface area contributed by atoms with E-state index in [0.29, 0.717) is 6.04 Å². The van der Waals surface area contributed by atoms with Crippen molar-refractivity contribution in [1.82, 2.24) is 15.5 Å². The van der Waals surface area contributed by atoms with Crippen LogP contribution < -0.4 is 10.6 Å². The van der Waals surface area contributed by atoms with Crippen molar-refractivity contribution >= 4 is 21.9 Å². The summed E-state index contributed by atoms with van der Waals surface area (Å²) in [5.41, 5.74) is 1.37. The highest BCUT2D eigenvalue weighted by Crippen LogP contribution is 2.29. The number of benzene rings is 1. The molecule has 1 aromatic rings. The molecular formula is C20H31BrN4. The molecule has 2 N–H and O–H groups in total. The average molecular weight is 407 g/mol. The van der Waals surface area contributed by atoms with Crippen LogP contribution in [-0.4, -0.2) is 49.1 Å². The van der Waals surface area contributed by atoms with Crippen molar-refractivity contribution in [3.63, 3.8) is 0 Å². The highest BCUT2D eigenvalue weighted by atomic mass is 79.9. The third kappa shape index (κ3) is 6.30. The molecule has 2 fully saturated rings. The maximum absolute atomic E-state index is 4.78. The minimum absolute atomic E-state index is 0.567. The number of aliphatic imine (C=N–C) groups is 1. The Hall–Kier alpha value is -1.07. The molecule has 25 heavy (non-hydrogen) atoms. The molecule has 0 unspecified atom stereocenters. The SMILES string of the molecule is CCNC(=NCCCc1cccc(Br)c1)NC1CCN(C2CC2)CC1. The summed E-state index contributed by atoms with van der Waals surface area (Å²) in [6.45, 7) is 6.39. The molecule has 4 nitrogen and oxygen atoms in total. The van der Waals surface area contributed by atoms with E-state index >= 15 is 0 Å². The first kappa shape index (κ1) is 18.7. The van der Waals surface area contributed by atoms with Crippen LogP contribution in [0.2, 0.25) is 0 Å². The van der Waals surface area contributed by atoms with Gasteiger partial charge in [0, 0.05) is 42.7 Å². The van der Waals surface area contributed by atoms with Gasteiger partial charge in [-0.2, -0.15) is 0 Å². The summed E-state index contributed by atoms with van der Waals surface area (Å²) in [7, 11) is 0. The number of guanidine groups is 1. The predicted octanol–water partition coefficient (Wildman–Crippen LogP) is 3.56. The second-order valence-corrected chi connectivity index (χ2v) is 8.10. The van der Waals surface area contributed by atoms with Crippen LogP contribution >= 0.6 is 15.9 Å². The van der Waals surface area contributed by atoms with Gasteiger partial charge in [-0.3, -0.25) is 4.99 Å². The number of aryl methyl sites for hydroxylation is 1. The zero-order chi connectivity index (χ0) is 17.5. The van der Waals surface area contributed by atoms with E-state index in [-0.39, 0.29) is 0 Å². The van der Waals surface area contributed by atoms with E-state index in [1.165, 1.54) is 44.3 Å². The largest absolute Gasteiger partial charge is 0.357 e. The molecule has 0 spiro atoms. The molecule has 0 bridgehead atoms. The van der Waals surface area contributed by atoms with Crippen LogP contribution in [0, 0.1) is 0 Å². The highest BCUT2D eigenvalue weighted by molar-refractivity contribution is 9.10. The molecule has 2 aliphatic rings. The molecular weight excluding hydrogens is 376 g/mol. The van der Waals surface area contributed by atoms with Crippen LogP contribution in [0.15, 0.2) is 33.7 Å². The van der Waals surface area contributed by atoms with Gasteiger partial charge in [0.05, 0.1) is 0 Å². The molecule has 0 aromatic heterocycles. The summed E-state index contributed by atoms with van der Waals surface area (Å²) in [6, 6.07) is 10.0. The lowest BCUT2D eigenvalue weighted by Gasteiger charge is -2.33. The third-order valence-corrected chi connectivity index (χ3v) is 5.55. The smallest absolute Gasteiger partial charge is 0.191 e. The average Bonchev–Trinajstić information content (AvgIpc) is 3.45. The van der Waals surface area contributed by atoms with Gasteiger partial charge in [-0.15, -0.1) is 0 Å². The summed E-state index contributed by atoms with van der Waals surface area (Å²) in [5.74, 6) is 0.988. The number of piperidine rings is 1. The van der Waals surface area contributed by atoms with Gasteiger partial charge in [0.2, 0.25) is 0 Å². The fraction of sp³-hybridized carbons (Fsp3) is 0.650. The number of nitrogens with zero attached hydrogens (tertiary/aromatic N) is 2. The van der Waals surface area contributed by atoms with Gasteiger partial charge >= 0.3 is 0 Å². The Bertz CT molecular complexity index is 563. The lowest BCUT2D eigenvalue weighted by molar-refractivity contribution is 0.197. The fourth-order valence-electron chi connectivity index (χ4n) is 3.53. The monoisotopic (exact) mass is 406 g/mol. The van der Waals surface area contributed by atoms with Crippen molar-refractivity contribution in [3.05, 3.63) is 34.3 Å². The van der Waals surface area contributed by atoms with Gasteiger partial charge in [0.15, 0.2) is 5.96 Å². The first-order valence-electron chi connectivity index (χ1n) is 9.78. The van der Waals surface area contributed by atoms with Crippen LogP contribution in [0.25, 0.3) is 0 Å². The Balaban J connectivity index is 1.41.